The molecule has 0 unspecified atom stereocenters. The number of primary amides is 1. The van der Waals surface area contributed by atoms with Gasteiger partial charge in [0.25, 0.3) is 5.91 Å². The third-order valence-electron chi connectivity index (χ3n) is 2.53. The number of nitrogens with two attached hydrogens (primary N) is 2. The predicted molar refractivity (Wildman–Crippen MR) is 78.7 cm³/mol. The largest absolute Gasteiger partial charge is 0.397 e. The van der Waals surface area contributed by atoms with E-state index in [4.69, 9.17) is 11.5 Å². The average Bonchev–Trinajstić information content (AvgIpc) is 2.41. The van der Waals surface area contributed by atoms with E-state index in [0.717, 1.165) is 10.6 Å². The lowest BCUT2D eigenvalue weighted by Crippen LogP contribution is -2.15. The van der Waals surface area contributed by atoms with Gasteiger partial charge in [-0.15, -0.1) is 11.8 Å². The zero-order valence-electron chi connectivity index (χ0n) is 10.4. The molecule has 19 heavy (non-hydrogen) atoms. The minimum atomic E-state index is -0.566. The van der Waals surface area contributed by atoms with Crippen LogP contribution in [0.3, 0.4) is 0 Å². The van der Waals surface area contributed by atoms with Crippen molar-refractivity contribution in [1.29, 1.82) is 0 Å². The molecule has 1 amide bonds. The number of para-hydroxylation sites is 1. The molecule has 0 aliphatic heterocycles. The van der Waals surface area contributed by atoms with Crippen LogP contribution in [0.5, 0.6) is 0 Å². The SMILES string of the molecule is CSc1ccccc1Nc1ncc(N)cc1C(N)=O. The summed E-state index contributed by atoms with van der Waals surface area (Å²) in [6.07, 6.45) is 3.46. The summed E-state index contributed by atoms with van der Waals surface area (Å²) in [5, 5.41) is 3.11. The Morgan fingerprint density at radius 2 is 2.11 bits per heavy atom. The smallest absolute Gasteiger partial charge is 0.252 e. The van der Waals surface area contributed by atoms with Crippen molar-refractivity contribution in [1.82, 2.24) is 4.98 Å². The summed E-state index contributed by atoms with van der Waals surface area (Å²) in [4.78, 5) is 16.6. The second-order valence-corrected chi connectivity index (χ2v) is 4.70. The molecular weight excluding hydrogens is 260 g/mol. The van der Waals surface area contributed by atoms with Crippen molar-refractivity contribution < 1.29 is 4.79 Å². The molecular formula is C13H14N4OS. The van der Waals surface area contributed by atoms with Gasteiger partial charge < -0.3 is 16.8 Å². The van der Waals surface area contributed by atoms with E-state index >= 15 is 0 Å². The summed E-state index contributed by atoms with van der Waals surface area (Å²) in [5.41, 5.74) is 12.5. The molecule has 1 heterocycles. The van der Waals surface area contributed by atoms with Gasteiger partial charge in [0.1, 0.15) is 5.82 Å². The van der Waals surface area contributed by atoms with Crippen LogP contribution in [0.25, 0.3) is 0 Å². The number of carbonyl (C=O) groups excluding carboxylic acids is 1. The van der Waals surface area contributed by atoms with E-state index in [2.05, 4.69) is 10.3 Å². The van der Waals surface area contributed by atoms with Gasteiger partial charge in [-0.1, -0.05) is 12.1 Å². The van der Waals surface area contributed by atoms with Gasteiger partial charge in [0.15, 0.2) is 0 Å². The number of nitrogens with zero attached hydrogens (tertiary/aromatic N) is 1. The molecule has 5 nitrogen and oxygen atoms in total. The lowest BCUT2D eigenvalue weighted by atomic mass is 10.2. The number of carbonyl (C=O) groups is 1. The monoisotopic (exact) mass is 274 g/mol. The van der Waals surface area contributed by atoms with Gasteiger partial charge in [-0.2, -0.15) is 0 Å². The number of thioether (sulfide) groups is 1. The number of anilines is 3. The molecule has 2 aromatic rings. The summed E-state index contributed by atoms with van der Waals surface area (Å²) < 4.78 is 0. The van der Waals surface area contributed by atoms with Crippen LogP contribution in [0.4, 0.5) is 17.2 Å². The van der Waals surface area contributed by atoms with Crippen molar-refractivity contribution in [2.45, 2.75) is 4.90 Å². The molecule has 2 rings (SSSR count). The first-order valence-corrected chi connectivity index (χ1v) is 6.79. The Balaban J connectivity index is 2.41. The fraction of sp³-hybridized carbons (Fsp3) is 0.0769. The normalized spacial score (nSPS) is 10.2. The van der Waals surface area contributed by atoms with Crippen LogP contribution in [-0.2, 0) is 0 Å². The van der Waals surface area contributed by atoms with Crippen LogP contribution in [0.1, 0.15) is 10.4 Å². The summed E-state index contributed by atoms with van der Waals surface area (Å²) in [6.45, 7) is 0. The standard InChI is InChI=1S/C13H14N4OS/c1-19-11-5-3-2-4-10(11)17-13-9(12(15)18)6-8(14)7-16-13/h2-7H,14H2,1H3,(H2,15,18)(H,16,17). The molecule has 5 N–H and O–H groups in total. The molecule has 0 fully saturated rings. The lowest BCUT2D eigenvalue weighted by molar-refractivity contribution is 0.100. The number of hydrogen-bond donors (Lipinski definition) is 3. The van der Waals surface area contributed by atoms with Crippen molar-refractivity contribution in [2.75, 3.05) is 17.3 Å². The van der Waals surface area contributed by atoms with Gasteiger partial charge in [-0.25, -0.2) is 4.98 Å². The molecule has 0 atom stereocenters. The number of hydrogen-bond acceptors (Lipinski definition) is 5. The average molecular weight is 274 g/mol. The van der Waals surface area contributed by atoms with Crippen molar-refractivity contribution in [3.63, 3.8) is 0 Å². The van der Waals surface area contributed by atoms with Gasteiger partial charge in [0, 0.05) is 4.90 Å². The van der Waals surface area contributed by atoms with Gasteiger partial charge >= 0.3 is 0 Å². The summed E-state index contributed by atoms with van der Waals surface area (Å²) in [7, 11) is 0. The molecule has 1 aromatic heterocycles. The summed E-state index contributed by atoms with van der Waals surface area (Å²) in [6, 6.07) is 9.26. The molecule has 0 aliphatic carbocycles. The molecule has 98 valence electrons. The van der Waals surface area contributed by atoms with Crippen LogP contribution in [0.15, 0.2) is 41.4 Å². The quantitative estimate of drug-likeness (QED) is 0.743. The zero-order chi connectivity index (χ0) is 13.8. The zero-order valence-corrected chi connectivity index (χ0v) is 11.2. The van der Waals surface area contributed by atoms with E-state index in [1.165, 1.54) is 12.3 Å². The molecule has 0 aliphatic rings. The number of rotatable bonds is 4. The highest BCUT2D eigenvalue weighted by molar-refractivity contribution is 7.98. The minimum Gasteiger partial charge on any atom is -0.397 e. The predicted octanol–water partition coefficient (Wildman–Crippen LogP) is 2.23. The van der Waals surface area contributed by atoms with Crippen molar-refractivity contribution >= 4 is 34.9 Å². The fourth-order valence-electron chi connectivity index (χ4n) is 1.64. The first-order chi connectivity index (χ1) is 9.11. The topological polar surface area (TPSA) is 94.0 Å². The number of amides is 1. The van der Waals surface area contributed by atoms with Crippen LogP contribution < -0.4 is 16.8 Å². The Bertz CT molecular complexity index is 615. The van der Waals surface area contributed by atoms with E-state index in [1.54, 1.807) is 11.8 Å². The van der Waals surface area contributed by atoms with Gasteiger partial charge in [0.2, 0.25) is 0 Å². The summed E-state index contributed by atoms with van der Waals surface area (Å²) in [5.74, 6) is -0.160. The van der Waals surface area contributed by atoms with E-state index in [1.807, 2.05) is 30.5 Å². The van der Waals surface area contributed by atoms with Crippen LogP contribution in [-0.4, -0.2) is 17.1 Å². The molecule has 0 saturated carbocycles. The first kappa shape index (κ1) is 13.2. The molecule has 0 spiro atoms. The fourth-order valence-corrected chi connectivity index (χ4v) is 2.20. The van der Waals surface area contributed by atoms with Crippen LogP contribution in [0.2, 0.25) is 0 Å². The van der Waals surface area contributed by atoms with Gasteiger partial charge in [0.05, 0.1) is 23.1 Å². The van der Waals surface area contributed by atoms with Gasteiger partial charge in [-0.05, 0) is 24.5 Å². The van der Waals surface area contributed by atoms with Crippen molar-refractivity contribution in [2.24, 2.45) is 5.73 Å². The first-order valence-electron chi connectivity index (χ1n) is 5.57. The highest BCUT2D eigenvalue weighted by Crippen LogP contribution is 2.28. The summed E-state index contributed by atoms with van der Waals surface area (Å²) >= 11 is 1.60. The third kappa shape index (κ3) is 2.97. The molecule has 1 aromatic carbocycles. The Labute approximate surface area is 115 Å². The Morgan fingerprint density at radius 3 is 2.79 bits per heavy atom. The van der Waals surface area contributed by atoms with E-state index in [9.17, 15) is 4.79 Å². The van der Waals surface area contributed by atoms with E-state index in [-0.39, 0.29) is 5.56 Å². The van der Waals surface area contributed by atoms with Crippen LogP contribution in [0, 0.1) is 0 Å². The Kier molecular flexibility index (Phi) is 3.91. The van der Waals surface area contributed by atoms with Crippen molar-refractivity contribution in [3.05, 3.63) is 42.1 Å². The Morgan fingerprint density at radius 1 is 1.37 bits per heavy atom. The number of aromatic nitrogens is 1. The van der Waals surface area contributed by atoms with E-state index < -0.39 is 5.91 Å². The molecule has 0 saturated heterocycles. The highest BCUT2D eigenvalue weighted by atomic mass is 32.2. The third-order valence-corrected chi connectivity index (χ3v) is 3.33. The molecule has 6 heteroatoms. The maximum absolute atomic E-state index is 11.4. The lowest BCUT2D eigenvalue weighted by Gasteiger charge is -2.12. The molecule has 0 bridgehead atoms. The van der Waals surface area contributed by atoms with Crippen molar-refractivity contribution in [3.8, 4) is 0 Å². The number of nitrogen functional groups attached to an aromatic ring is 1. The number of benzene rings is 1. The second-order valence-electron chi connectivity index (χ2n) is 3.85. The minimum absolute atomic E-state index is 0.274. The highest BCUT2D eigenvalue weighted by Gasteiger charge is 2.11. The van der Waals surface area contributed by atoms with E-state index in [0.29, 0.717) is 11.5 Å². The maximum Gasteiger partial charge on any atom is 0.252 e. The maximum atomic E-state index is 11.4. The molecule has 0 radical (unpaired) electrons. The number of nitrogens with one attached hydrogen (secondary N) is 1. The second kappa shape index (κ2) is 5.62. The Hall–Kier alpha value is -2.21. The number of pyridine rings is 1. The van der Waals surface area contributed by atoms with Gasteiger partial charge in [-0.3, -0.25) is 4.79 Å². The van der Waals surface area contributed by atoms with Crippen LogP contribution >= 0.6 is 11.8 Å².